The summed E-state index contributed by atoms with van der Waals surface area (Å²) in [5, 5.41) is 37.5. The van der Waals surface area contributed by atoms with E-state index in [1.165, 1.54) is 0 Å². The lowest BCUT2D eigenvalue weighted by molar-refractivity contribution is 0.0141. The van der Waals surface area contributed by atoms with E-state index >= 15 is 0 Å². The van der Waals surface area contributed by atoms with Gasteiger partial charge in [-0.1, -0.05) is 48.5 Å². The molecule has 4 atom stereocenters. The van der Waals surface area contributed by atoms with Crippen molar-refractivity contribution >= 4 is 0 Å². The zero-order chi connectivity index (χ0) is 17.1. The van der Waals surface area contributed by atoms with E-state index in [2.05, 4.69) is 0 Å². The van der Waals surface area contributed by atoms with Crippen molar-refractivity contribution in [3.8, 4) is 0 Å². The van der Waals surface area contributed by atoms with Crippen molar-refractivity contribution in [2.45, 2.75) is 50.1 Å². The van der Waals surface area contributed by atoms with Crippen molar-refractivity contribution in [2.24, 2.45) is 0 Å². The zero-order valence-electron chi connectivity index (χ0n) is 13.5. The van der Waals surface area contributed by atoms with Crippen LogP contribution in [-0.2, 0) is 25.7 Å². The van der Waals surface area contributed by atoms with Crippen LogP contribution in [0.3, 0.4) is 0 Å². The van der Waals surface area contributed by atoms with Gasteiger partial charge in [0.05, 0.1) is 24.4 Å². The first-order valence-corrected chi connectivity index (χ1v) is 8.40. The predicted octanol–water partition coefficient (Wildman–Crippen LogP) is 1.01. The molecule has 4 nitrogen and oxygen atoms in total. The van der Waals surface area contributed by atoms with E-state index in [-0.39, 0.29) is 0 Å². The third-order valence-corrected chi connectivity index (χ3v) is 4.84. The van der Waals surface area contributed by atoms with Crippen molar-refractivity contribution in [3.05, 3.63) is 70.8 Å². The van der Waals surface area contributed by atoms with E-state index in [1.54, 1.807) is 0 Å². The van der Waals surface area contributed by atoms with Gasteiger partial charge in [-0.05, 0) is 22.3 Å². The van der Waals surface area contributed by atoms with Crippen LogP contribution in [0.15, 0.2) is 48.5 Å². The minimum Gasteiger partial charge on any atom is -0.390 e. The number of aliphatic hydroxyl groups excluding tert-OH is 4. The maximum atomic E-state index is 9.37. The van der Waals surface area contributed by atoms with Crippen LogP contribution in [0.4, 0.5) is 0 Å². The summed E-state index contributed by atoms with van der Waals surface area (Å²) in [5.74, 6) is 0. The Bertz CT molecular complexity index is 567. The molecule has 0 heterocycles. The van der Waals surface area contributed by atoms with Crippen LogP contribution in [0.1, 0.15) is 22.3 Å². The molecule has 128 valence electrons. The number of rotatable bonds is 0. The minimum absolute atomic E-state index is 0.581. The van der Waals surface area contributed by atoms with Gasteiger partial charge in [0.25, 0.3) is 0 Å². The second kappa shape index (κ2) is 7.45. The van der Waals surface area contributed by atoms with Crippen LogP contribution in [0.2, 0.25) is 0 Å². The SMILES string of the molecule is O[C@H]1Cc2ccccc2C[C@@H]1O.O[C@H]1Cc2ccccc2C[C@@H]1O. The minimum atomic E-state index is -0.583. The first-order valence-electron chi connectivity index (χ1n) is 8.40. The Kier molecular flexibility index (Phi) is 5.31. The molecule has 2 aromatic rings. The Morgan fingerprint density at radius 2 is 0.667 bits per heavy atom. The predicted molar refractivity (Wildman–Crippen MR) is 91.7 cm³/mol. The van der Waals surface area contributed by atoms with Crippen LogP contribution in [-0.4, -0.2) is 44.8 Å². The molecule has 4 N–H and O–H groups in total. The van der Waals surface area contributed by atoms with E-state index < -0.39 is 24.4 Å². The van der Waals surface area contributed by atoms with Crippen molar-refractivity contribution in [2.75, 3.05) is 0 Å². The van der Waals surface area contributed by atoms with E-state index in [0.29, 0.717) is 25.7 Å². The Labute approximate surface area is 142 Å². The number of fused-ring (bicyclic) bond motifs is 2. The van der Waals surface area contributed by atoms with Crippen LogP contribution in [0, 0.1) is 0 Å². The van der Waals surface area contributed by atoms with Gasteiger partial charge in [-0.2, -0.15) is 0 Å². The Morgan fingerprint density at radius 1 is 0.458 bits per heavy atom. The Morgan fingerprint density at radius 3 is 0.875 bits per heavy atom. The van der Waals surface area contributed by atoms with Crippen LogP contribution < -0.4 is 0 Å². The molecule has 2 aliphatic rings. The van der Waals surface area contributed by atoms with Crippen molar-refractivity contribution in [1.82, 2.24) is 0 Å². The zero-order valence-corrected chi connectivity index (χ0v) is 13.5. The average Bonchev–Trinajstić information content (AvgIpc) is 2.57. The molecule has 4 heteroatoms. The lowest BCUT2D eigenvalue weighted by atomic mass is 9.88. The van der Waals surface area contributed by atoms with Crippen molar-refractivity contribution in [1.29, 1.82) is 0 Å². The molecule has 2 aliphatic carbocycles. The number of hydrogen-bond acceptors (Lipinski definition) is 4. The third kappa shape index (κ3) is 3.84. The quantitative estimate of drug-likeness (QED) is 0.582. The van der Waals surface area contributed by atoms with Gasteiger partial charge in [-0.3, -0.25) is 0 Å². The van der Waals surface area contributed by atoms with Gasteiger partial charge in [0.2, 0.25) is 0 Å². The van der Waals surface area contributed by atoms with Crippen LogP contribution >= 0.6 is 0 Å². The molecular formula is C20H24O4. The molecule has 0 spiro atoms. The second-order valence-corrected chi connectivity index (χ2v) is 6.62. The molecule has 0 aliphatic heterocycles. The first kappa shape index (κ1) is 17.1. The first-order chi connectivity index (χ1) is 11.5. The summed E-state index contributed by atoms with van der Waals surface area (Å²) in [6.07, 6.45) is -0.0109. The second-order valence-electron chi connectivity index (χ2n) is 6.62. The molecule has 0 saturated heterocycles. The normalized spacial score (nSPS) is 28.2. The summed E-state index contributed by atoms with van der Waals surface area (Å²) in [7, 11) is 0. The molecule has 2 aromatic carbocycles. The smallest absolute Gasteiger partial charge is 0.0842 e. The maximum Gasteiger partial charge on any atom is 0.0842 e. The van der Waals surface area contributed by atoms with Gasteiger partial charge in [-0.15, -0.1) is 0 Å². The lowest BCUT2D eigenvalue weighted by Crippen LogP contribution is -2.34. The number of hydrogen-bond donors (Lipinski definition) is 4. The average molecular weight is 328 g/mol. The van der Waals surface area contributed by atoms with Crippen molar-refractivity contribution in [3.63, 3.8) is 0 Å². The van der Waals surface area contributed by atoms with Gasteiger partial charge in [0, 0.05) is 25.7 Å². The molecule has 0 unspecified atom stereocenters. The highest BCUT2D eigenvalue weighted by Gasteiger charge is 2.24. The van der Waals surface area contributed by atoms with Gasteiger partial charge in [0.1, 0.15) is 0 Å². The van der Waals surface area contributed by atoms with Crippen LogP contribution in [0.25, 0.3) is 0 Å². The molecular weight excluding hydrogens is 304 g/mol. The van der Waals surface area contributed by atoms with E-state index in [0.717, 1.165) is 22.3 Å². The fourth-order valence-corrected chi connectivity index (χ4v) is 3.36. The largest absolute Gasteiger partial charge is 0.390 e. The molecule has 0 bridgehead atoms. The highest BCUT2D eigenvalue weighted by molar-refractivity contribution is 5.31. The van der Waals surface area contributed by atoms with E-state index in [1.807, 2.05) is 48.5 Å². The molecule has 4 rings (SSSR count). The third-order valence-electron chi connectivity index (χ3n) is 4.84. The molecule has 0 saturated carbocycles. The molecule has 0 amide bonds. The van der Waals surface area contributed by atoms with Gasteiger partial charge in [-0.25, -0.2) is 0 Å². The number of aliphatic hydroxyl groups is 4. The highest BCUT2D eigenvalue weighted by atomic mass is 16.3. The summed E-state index contributed by atoms with van der Waals surface area (Å²) in [5.41, 5.74) is 4.65. The molecule has 0 radical (unpaired) electrons. The summed E-state index contributed by atoms with van der Waals surface area (Å²) < 4.78 is 0. The number of benzene rings is 2. The van der Waals surface area contributed by atoms with Crippen molar-refractivity contribution < 1.29 is 20.4 Å². The summed E-state index contributed by atoms with van der Waals surface area (Å²) in [4.78, 5) is 0. The Balaban J connectivity index is 0.000000141. The maximum absolute atomic E-state index is 9.37. The summed E-state index contributed by atoms with van der Waals surface area (Å²) in [6, 6.07) is 15.9. The van der Waals surface area contributed by atoms with Crippen LogP contribution in [0.5, 0.6) is 0 Å². The molecule has 0 aromatic heterocycles. The molecule has 0 fully saturated rings. The lowest BCUT2D eigenvalue weighted by Gasteiger charge is -2.25. The van der Waals surface area contributed by atoms with Gasteiger partial charge < -0.3 is 20.4 Å². The topological polar surface area (TPSA) is 80.9 Å². The van der Waals surface area contributed by atoms with E-state index in [4.69, 9.17) is 0 Å². The van der Waals surface area contributed by atoms with Gasteiger partial charge >= 0.3 is 0 Å². The summed E-state index contributed by atoms with van der Waals surface area (Å²) in [6.45, 7) is 0. The Hall–Kier alpha value is -1.72. The van der Waals surface area contributed by atoms with Gasteiger partial charge in [0.15, 0.2) is 0 Å². The van der Waals surface area contributed by atoms with E-state index in [9.17, 15) is 20.4 Å². The molecule has 24 heavy (non-hydrogen) atoms. The highest BCUT2D eigenvalue weighted by Crippen LogP contribution is 2.22. The fourth-order valence-electron chi connectivity index (χ4n) is 3.36. The fraction of sp³-hybridized carbons (Fsp3) is 0.400. The standard InChI is InChI=1S/2C10H12O2/c2*11-9-5-7-3-1-2-4-8(7)6-10(9)12/h2*1-4,9-12H,5-6H2/t2*9-,10-/m00/s1. The summed E-state index contributed by atoms with van der Waals surface area (Å²) >= 11 is 0. The monoisotopic (exact) mass is 328 g/mol.